The molecule has 1 aliphatic rings. The predicted octanol–water partition coefficient (Wildman–Crippen LogP) is 6.31. The van der Waals surface area contributed by atoms with Crippen LogP contribution in [0.4, 0.5) is 0 Å². The highest BCUT2D eigenvalue weighted by molar-refractivity contribution is 7.99. The van der Waals surface area contributed by atoms with Crippen LogP contribution in [0.3, 0.4) is 0 Å². The van der Waals surface area contributed by atoms with Gasteiger partial charge in [-0.3, -0.25) is 0 Å². The molecule has 24 heavy (non-hydrogen) atoms. The van der Waals surface area contributed by atoms with Gasteiger partial charge >= 0.3 is 5.97 Å². The molecule has 1 atom stereocenters. The molecule has 0 aromatic carbocycles. The minimum atomic E-state index is -0.198. The molecule has 138 valence electrons. The van der Waals surface area contributed by atoms with E-state index in [1.807, 2.05) is 18.7 Å². The molecule has 0 amide bonds. The molecule has 0 radical (unpaired) electrons. The van der Waals surface area contributed by atoms with E-state index in [0.717, 1.165) is 24.3 Å². The summed E-state index contributed by atoms with van der Waals surface area (Å²) in [4.78, 5) is 11.6. The van der Waals surface area contributed by atoms with Crippen molar-refractivity contribution in [2.45, 2.75) is 83.8 Å². The van der Waals surface area contributed by atoms with Crippen LogP contribution >= 0.6 is 11.8 Å². The van der Waals surface area contributed by atoms with Crippen molar-refractivity contribution in [3.63, 3.8) is 0 Å². The molecule has 3 heteroatoms. The minimum absolute atomic E-state index is 0.198. The first-order valence-corrected chi connectivity index (χ1v) is 10.7. The van der Waals surface area contributed by atoms with Gasteiger partial charge in [0.25, 0.3) is 0 Å². The van der Waals surface area contributed by atoms with Crippen LogP contribution in [0.2, 0.25) is 0 Å². The van der Waals surface area contributed by atoms with Gasteiger partial charge in [-0.1, -0.05) is 51.7 Å². The molecular formula is C21H36O2S. The molecule has 0 aromatic heterocycles. The van der Waals surface area contributed by atoms with Gasteiger partial charge in [-0.2, -0.15) is 11.8 Å². The second-order valence-corrected chi connectivity index (χ2v) is 8.98. The summed E-state index contributed by atoms with van der Waals surface area (Å²) in [5.41, 5.74) is 2.67. The number of ether oxygens (including phenoxy) is 1. The van der Waals surface area contributed by atoms with Crippen molar-refractivity contribution in [2.24, 2.45) is 5.92 Å². The molecule has 1 unspecified atom stereocenters. The van der Waals surface area contributed by atoms with Crippen molar-refractivity contribution >= 4 is 17.7 Å². The predicted molar refractivity (Wildman–Crippen MR) is 106 cm³/mol. The number of rotatable bonds is 10. The third-order valence-electron chi connectivity index (χ3n) is 5.01. The fourth-order valence-corrected chi connectivity index (χ4v) is 3.62. The van der Waals surface area contributed by atoms with Gasteiger partial charge in [0.05, 0.1) is 6.61 Å². The van der Waals surface area contributed by atoms with Gasteiger partial charge in [0, 0.05) is 10.8 Å². The van der Waals surface area contributed by atoms with Crippen LogP contribution in [0, 0.1) is 5.92 Å². The van der Waals surface area contributed by atoms with Gasteiger partial charge in [0.15, 0.2) is 0 Å². The Morgan fingerprint density at radius 1 is 1.38 bits per heavy atom. The van der Waals surface area contributed by atoms with E-state index in [-0.39, 0.29) is 5.97 Å². The molecule has 1 rings (SSSR count). The van der Waals surface area contributed by atoms with Crippen LogP contribution in [0.5, 0.6) is 0 Å². The third-order valence-corrected chi connectivity index (χ3v) is 6.32. The maximum Gasteiger partial charge on any atom is 0.331 e. The van der Waals surface area contributed by atoms with E-state index in [2.05, 4.69) is 33.1 Å². The number of thioether (sulfide) groups is 1. The highest BCUT2D eigenvalue weighted by Crippen LogP contribution is 2.32. The van der Waals surface area contributed by atoms with Crippen LogP contribution in [0.1, 0.15) is 79.1 Å². The largest absolute Gasteiger partial charge is 0.463 e. The molecule has 2 nitrogen and oxygen atoms in total. The number of carbonyl (C=O) groups excluding carboxylic acids is 1. The molecular weight excluding hydrogens is 316 g/mol. The van der Waals surface area contributed by atoms with Crippen molar-refractivity contribution in [3.05, 3.63) is 23.3 Å². The molecule has 0 spiro atoms. The van der Waals surface area contributed by atoms with E-state index in [9.17, 15) is 4.79 Å². The van der Waals surface area contributed by atoms with Crippen LogP contribution in [-0.4, -0.2) is 23.6 Å². The van der Waals surface area contributed by atoms with Gasteiger partial charge in [-0.25, -0.2) is 4.79 Å². The summed E-state index contributed by atoms with van der Waals surface area (Å²) >= 11 is 1.97. The van der Waals surface area contributed by atoms with Gasteiger partial charge in [0.1, 0.15) is 0 Å². The molecule has 0 fully saturated rings. The van der Waals surface area contributed by atoms with Crippen LogP contribution < -0.4 is 0 Å². The van der Waals surface area contributed by atoms with Crippen molar-refractivity contribution in [1.82, 2.24) is 0 Å². The average Bonchev–Trinajstić information content (AvgIpc) is 2.54. The van der Waals surface area contributed by atoms with Gasteiger partial charge < -0.3 is 4.74 Å². The molecule has 0 aromatic rings. The third kappa shape index (κ3) is 8.41. The standard InChI is InChI=1S/C21H36O2S/c1-6-17(12-9-13-21(3,4)24-5)14-18-10-8-11-19(15-18)16-20(22)23-7-2/h15-17H,6-14H2,1-5H3. The van der Waals surface area contributed by atoms with Gasteiger partial charge in [-0.05, 0) is 56.8 Å². The first kappa shape index (κ1) is 21.3. The highest BCUT2D eigenvalue weighted by Gasteiger charge is 2.18. The normalized spacial score (nSPS) is 18.4. The van der Waals surface area contributed by atoms with Crippen LogP contribution in [0.25, 0.3) is 0 Å². The maximum absolute atomic E-state index is 11.6. The Kier molecular flexibility index (Phi) is 9.80. The SMILES string of the molecule is CCOC(=O)C=C1C=C(CC(CC)CCCC(C)(C)SC)CCC1. The molecule has 1 aliphatic carbocycles. The van der Waals surface area contributed by atoms with E-state index in [1.54, 1.807) is 6.08 Å². The van der Waals surface area contributed by atoms with Crippen LogP contribution in [0.15, 0.2) is 23.3 Å². The zero-order valence-corrected chi connectivity index (χ0v) is 17.1. The fourth-order valence-electron chi connectivity index (χ4n) is 3.28. The fraction of sp³-hybridized carbons (Fsp3) is 0.762. The van der Waals surface area contributed by atoms with Crippen molar-refractivity contribution in [3.8, 4) is 0 Å². The molecule has 0 N–H and O–H groups in total. The lowest BCUT2D eigenvalue weighted by molar-refractivity contribution is -0.137. The minimum Gasteiger partial charge on any atom is -0.463 e. The van der Waals surface area contributed by atoms with Crippen molar-refractivity contribution in [2.75, 3.05) is 12.9 Å². The average molecular weight is 353 g/mol. The van der Waals surface area contributed by atoms with E-state index in [4.69, 9.17) is 4.74 Å². The lowest BCUT2D eigenvalue weighted by atomic mass is 9.85. The lowest BCUT2D eigenvalue weighted by Crippen LogP contribution is -2.14. The summed E-state index contributed by atoms with van der Waals surface area (Å²) in [5, 5.41) is 0. The Bertz CT molecular complexity index is 449. The highest BCUT2D eigenvalue weighted by atomic mass is 32.2. The van der Waals surface area contributed by atoms with Crippen LogP contribution in [-0.2, 0) is 9.53 Å². The van der Waals surface area contributed by atoms with E-state index in [0.29, 0.717) is 11.4 Å². The number of carbonyl (C=O) groups is 1. The topological polar surface area (TPSA) is 26.3 Å². The number of hydrogen-bond acceptors (Lipinski definition) is 3. The Morgan fingerprint density at radius 2 is 2.12 bits per heavy atom. The Balaban J connectivity index is 2.54. The van der Waals surface area contributed by atoms with Gasteiger partial charge in [-0.15, -0.1) is 0 Å². The molecule has 0 saturated heterocycles. The number of allylic oxidation sites excluding steroid dienone is 3. The molecule has 0 bridgehead atoms. The lowest BCUT2D eigenvalue weighted by Gasteiger charge is -2.24. The summed E-state index contributed by atoms with van der Waals surface area (Å²) < 4.78 is 5.43. The summed E-state index contributed by atoms with van der Waals surface area (Å²) in [6.45, 7) is 9.29. The molecule has 0 aliphatic heterocycles. The first-order chi connectivity index (χ1) is 11.4. The van der Waals surface area contributed by atoms with E-state index >= 15 is 0 Å². The zero-order valence-electron chi connectivity index (χ0n) is 16.3. The summed E-state index contributed by atoms with van der Waals surface area (Å²) in [6.07, 6.45) is 15.9. The smallest absolute Gasteiger partial charge is 0.331 e. The van der Waals surface area contributed by atoms with Crippen molar-refractivity contribution < 1.29 is 9.53 Å². The number of hydrogen-bond donors (Lipinski definition) is 0. The first-order valence-electron chi connectivity index (χ1n) is 9.52. The van der Waals surface area contributed by atoms with Gasteiger partial charge in [0.2, 0.25) is 0 Å². The summed E-state index contributed by atoms with van der Waals surface area (Å²) in [5.74, 6) is 0.576. The maximum atomic E-state index is 11.6. The number of esters is 1. The quantitative estimate of drug-likeness (QED) is 0.340. The van der Waals surface area contributed by atoms with E-state index in [1.165, 1.54) is 44.1 Å². The zero-order chi connectivity index (χ0) is 18.0. The van der Waals surface area contributed by atoms with Crippen molar-refractivity contribution in [1.29, 1.82) is 0 Å². The molecule has 0 heterocycles. The van der Waals surface area contributed by atoms with E-state index < -0.39 is 0 Å². The second-order valence-electron chi connectivity index (χ2n) is 7.46. The summed E-state index contributed by atoms with van der Waals surface area (Å²) in [7, 11) is 0. The Hall–Kier alpha value is -0.700. The Morgan fingerprint density at radius 3 is 2.75 bits per heavy atom. The second kappa shape index (κ2) is 11.0. The summed E-state index contributed by atoms with van der Waals surface area (Å²) in [6, 6.07) is 0. The Labute approximate surface area is 153 Å². The molecule has 0 saturated carbocycles. The monoisotopic (exact) mass is 352 g/mol.